The second-order valence-corrected chi connectivity index (χ2v) is 18.0. The third-order valence-corrected chi connectivity index (χ3v) is 13.1. The lowest BCUT2D eigenvalue weighted by atomic mass is 10.0. The van der Waals surface area contributed by atoms with Gasteiger partial charge in [0.25, 0.3) is 11.8 Å². The number of amides is 5. The van der Waals surface area contributed by atoms with E-state index in [2.05, 4.69) is 60.1 Å². The first kappa shape index (κ1) is 52.4. The number of ether oxygens (including phenoxy) is 3. The van der Waals surface area contributed by atoms with Gasteiger partial charge in [-0.15, -0.1) is 0 Å². The lowest BCUT2D eigenvalue weighted by Crippen LogP contribution is -2.37. The Morgan fingerprint density at radius 3 is 2.47 bits per heavy atom. The summed E-state index contributed by atoms with van der Waals surface area (Å²) < 4.78 is 17.3. The van der Waals surface area contributed by atoms with Crippen LogP contribution in [0.5, 0.6) is 11.5 Å². The Morgan fingerprint density at radius 1 is 0.903 bits per heavy atom. The van der Waals surface area contributed by atoms with Crippen LogP contribution in [0.1, 0.15) is 90.8 Å². The molecule has 5 amide bonds. The average molecular weight is 985 g/mol. The molecule has 0 radical (unpaired) electrons. The van der Waals surface area contributed by atoms with Gasteiger partial charge in [0.05, 0.1) is 36.7 Å². The zero-order valence-corrected chi connectivity index (χ0v) is 42.1. The van der Waals surface area contributed by atoms with Gasteiger partial charge in [0, 0.05) is 79.1 Å². The van der Waals surface area contributed by atoms with Gasteiger partial charge in [0.15, 0.2) is 0 Å². The molecular formula is C54H68N10O8. The number of aromatic amines is 2. The lowest BCUT2D eigenvalue weighted by molar-refractivity contribution is -0.144. The maximum absolute atomic E-state index is 14.1. The van der Waals surface area contributed by atoms with Crippen LogP contribution in [0.15, 0.2) is 73.1 Å². The number of carbonyl (C=O) groups is 5. The predicted octanol–water partition coefficient (Wildman–Crippen LogP) is 7.85. The second-order valence-electron chi connectivity index (χ2n) is 18.0. The minimum atomic E-state index is -0.439. The minimum absolute atomic E-state index is 0.0435. The molecule has 2 aliphatic heterocycles. The largest absolute Gasteiger partial charge is 0.497 e. The molecule has 0 bridgehead atoms. The van der Waals surface area contributed by atoms with Crippen LogP contribution in [0.2, 0.25) is 0 Å². The van der Waals surface area contributed by atoms with Crippen molar-refractivity contribution in [2.24, 2.45) is 0 Å². The van der Waals surface area contributed by atoms with Gasteiger partial charge in [-0.1, -0.05) is 32.0 Å². The number of hydrogen-bond donors (Lipinski definition) is 6. The van der Waals surface area contributed by atoms with Crippen LogP contribution in [0.4, 0.5) is 21.9 Å². The monoisotopic (exact) mass is 985 g/mol. The smallest absolute Gasteiger partial charge is 0.322 e. The number of nitrogens with zero attached hydrogens (tertiary/aromatic N) is 4. The number of carbonyl (C=O) groups excluding carboxylic acids is 5. The Kier molecular flexibility index (Phi) is 18.6. The third kappa shape index (κ3) is 14.1. The normalized spacial score (nSPS) is 13.8. The van der Waals surface area contributed by atoms with E-state index in [0.717, 1.165) is 61.5 Å². The molecule has 72 heavy (non-hydrogen) atoms. The summed E-state index contributed by atoms with van der Waals surface area (Å²) in [6.07, 6.45) is 8.71. The Hall–Kier alpha value is -7.44. The number of likely N-dealkylation sites (tertiary alicyclic amines) is 1. The van der Waals surface area contributed by atoms with Crippen LogP contribution in [-0.2, 0) is 25.7 Å². The third-order valence-electron chi connectivity index (χ3n) is 13.1. The number of urea groups is 1. The van der Waals surface area contributed by atoms with E-state index in [9.17, 15) is 24.0 Å². The molecule has 5 aromatic rings. The highest BCUT2D eigenvalue weighted by Gasteiger charge is 2.27. The molecule has 0 unspecified atom stereocenters. The molecular weight excluding hydrogens is 917 g/mol. The van der Waals surface area contributed by atoms with E-state index in [1.54, 1.807) is 48.7 Å². The zero-order chi connectivity index (χ0) is 51.0. The van der Waals surface area contributed by atoms with Gasteiger partial charge in [-0.25, -0.2) is 4.79 Å². The summed E-state index contributed by atoms with van der Waals surface area (Å²) in [4.78, 5) is 75.9. The molecule has 382 valence electrons. The van der Waals surface area contributed by atoms with Gasteiger partial charge < -0.3 is 50.3 Å². The van der Waals surface area contributed by atoms with E-state index in [1.165, 1.54) is 12.8 Å². The van der Waals surface area contributed by atoms with Crippen molar-refractivity contribution in [3.63, 3.8) is 0 Å². The number of esters is 1. The molecule has 2 aromatic heterocycles. The molecule has 0 spiro atoms. The Balaban J connectivity index is 0.902. The predicted molar refractivity (Wildman–Crippen MR) is 279 cm³/mol. The number of hydrogen-bond acceptors (Lipinski definition) is 11. The van der Waals surface area contributed by atoms with Crippen molar-refractivity contribution in [1.82, 2.24) is 35.2 Å². The molecule has 18 nitrogen and oxygen atoms in total. The van der Waals surface area contributed by atoms with Crippen molar-refractivity contribution in [1.29, 1.82) is 0 Å². The molecule has 0 aliphatic carbocycles. The molecule has 0 atom stereocenters. The molecule has 6 N–H and O–H groups in total. The average Bonchev–Trinajstić information content (AvgIpc) is 4.21. The molecule has 0 saturated carbocycles. The summed E-state index contributed by atoms with van der Waals surface area (Å²) in [5.74, 6) is 0.0380. The molecule has 4 heterocycles. The van der Waals surface area contributed by atoms with Crippen molar-refractivity contribution in [3.05, 3.63) is 107 Å². The van der Waals surface area contributed by atoms with E-state index in [1.807, 2.05) is 56.3 Å². The SMILES string of the molecule is CCN(CC)CCNC(=O)c1c(C)[nH]c(/C=C2\C(=O)Nc3ccc(NC(=O)CCCCC(=O)OCCN(Cc4cccc(OC)c4)C(=O)Nc4ccc(-c5cn[nH]c5)cc4OCCN4CCCC4)cc32)c1C. The van der Waals surface area contributed by atoms with Crippen LogP contribution in [0.3, 0.4) is 0 Å². The minimum Gasteiger partial charge on any atom is -0.497 e. The second kappa shape index (κ2) is 25.6. The van der Waals surface area contributed by atoms with Crippen molar-refractivity contribution in [3.8, 4) is 22.6 Å². The number of fused-ring (bicyclic) bond motifs is 1. The number of unbranched alkanes of at least 4 members (excludes halogenated alkanes) is 1. The van der Waals surface area contributed by atoms with Gasteiger partial charge in [0.2, 0.25) is 5.91 Å². The standard InChI is InChI=1S/C54H68N10O8/c1-6-62(7-2)24-21-55-53(68)51-36(3)47(58-37(51)4)32-44-43-31-41(18-20-45(43)60-52(44)67)59-49(65)15-8-9-16-50(66)72-28-26-64(35-38-13-12-14-42(29-38)70-5)54(69)61-46-19-17-39(40-33-56-57-34-40)30-48(46)71-27-25-63-22-10-11-23-63/h12-14,17-20,29-34,58H,6-11,15-16,21-28,35H2,1-5H3,(H,55,68)(H,56,57)(H,59,65)(H,60,67)(H,61,69)/b44-32-. The van der Waals surface area contributed by atoms with Crippen LogP contribution in [-0.4, -0.2) is 132 Å². The van der Waals surface area contributed by atoms with Crippen LogP contribution in [0.25, 0.3) is 22.8 Å². The first-order chi connectivity index (χ1) is 34.9. The fraction of sp³-hybridized carbons (Fsp3) is 0.407. The van der Waals surface area contributed by atoms with Crippen molar-refractivity contribution in [2.45, 2.75) is 72.8 Å². The van der Waals surface area contributed by atoms with E-state index in [4.69, 9.17) is 14.2 Å². The van der Waals surface area contributed by atoms with Gasteiger partial charge in [-0.2, -0.15) is 5.10 Å². The number of H-pyrrole nitrogens is 2. The summed E-state index contributed by atoms with van der Waals surface area (Å²) in [5, 5.41) is 18.8. The highest BCUT2D eigenvalue weighted by molar-refractivity contribution is 6.35. The number of anilines is 3. The van der Waals surface area contributed by atoms with Crippen LogP contribution < -0.4 is 30.7 Å². The maximum Gasteiger partial charge on any atom is 0.322 e. The van der Waals surface area contributed by atoms with Crippen LogP contribution >= 0.6 is 0 Å². The van der Waals surface area contributed by atoms with E-state index >= 15 is 0 Å². The summed E-state index contributed by atoms with van der Waals surface area (Å²) in [6.45, 7) is 14.6. The number of aromatic nitrogens is 3. The summed E-state index contributed by atoms with van der Waals surface area (Å²) in [6, 6.07) is 17.9. The van der Waals surface area contributed by atoms with Gasteiger partial charge >= 0.3 is 12.0 Å². The number of benzene rings is 3. The number of methoxy groups -OCH3 is 1. The van der Waals surface area contributed by atoms with E-state index < -0.39 is 12.0 Å². The molecule has 2 aliphatic rings. The summed E-state index contributed by atoms with van der Waals surface area (Å²) in [5.41, 5.74) is 7.90. The highest BCUT2D eigenvalue weighted by atomic mass is 16.5. The lowest BCUT2D eigenvalue weighted by Gasteiger charge is -2.24. The van der Waals surface area contributed by atoms with Crippen molar-refractivity contribution in [2.75, 3.05) is 88.6 Å². The van der Waals surface area contributed by atoms with E-state index in [0.29, 0.717) is 82.6 Å². The fourth-order valence-corrected chi connectivity index (χ4v) is 8.95. The van der Waals surface area contributed by atoms with Gasteiger partial charge in [-0.3, -0.25) is 29.2 Å². The zero-order valence-electron chi connectivity index (χ0n) is 42.1. The van der Waals surface area contributed by atoms with Gasteiger partial charge in [0.1, 0.15) is 24.7 Å². The first-order valence-electron chi connectivity index (χ1n) is 24.9. The topological polar surface area (TPSA) is 215 Å². The first-order valence-corrected chi connectivity index (χ1v) is 24.9. The number of nitrogens with one attached hydrogen (secondary N) is 6. The summed E-state index contributed by atoms with van der Waals surface area (Å²) in [7, 11) is 1.58. The molecule has 18 heteroatoms. The fourth-order valence-electron chi connectivity index (χ4n) is 8.95. The van der Waals surface area contributed by atoms with Crippen molar-refractivity contribution < 1.29 is 38.2 Å². The Labute approximate surface area is 421 Å². The molecule has 3 aromatic carbocycles. The summed E-state index contributed by atoms with van der Waals surface area (Å²) >= 11 is 0. The van der Waals surface area contributed by atoms with Gasteiger partial charge in [-0.05, 0) is 131 Å². The highest BCUT2D eigenvalue weighted by Crippen LogP contribution is 2.36. The Bertz CT molecular complexity index is 2700. The van der Waals surface area contributed by atoms with Crippen LogP contribution in [0, 0.1) is 13.8 Å². The number of rotatable bonds is 25. The Morgan fingerprint density at radius 2 is 1.71 bits per heavy atom. The maximum atomic E-state index is 14.1. The van der Waals surface area contributed by atoms with Crippen molar-refractivity contribution >= 4 is 58.4 Å². The molecule has 7 rings (SSSR count). The number of likely N-dealkylation sites (N-methyl/N-ethyl adjacent to an activating group) is 1. The quantitative estimate of drug-likeness (QED) is 0.0188. The molecule has 1 saturated heterocycles. The number of aryl methyl sites for hydroxylation is 1. The molecule has 1 fully saturated rings. The van der Waals surface area contributed by atoms with E-state index in [-0.39, 0.29) is 50.3 Å².